The van der Waals surface area contributed by atoms with E-state index in [9.17, 15) is 4.79 Å². The number of carbonyl (C=O) groups excluding carboxylic acids is 1. The average Bonchev–Trinajstić information content (AvgIpc) is 3.02. The summed E-state index contributed by atoms with van der Waals surface area (Å²) >= 11 is 1.66. The van der Waals surface area contributed by atoms with Crippen LogP contribution in [0.25, 0.3) is 0 Å². The molecule has 20 heavy (non-hydrogen) atoms. The number of nitrogens with one attached hydrogen (secondary N) is 2. The van der Waals surface area contributed by atoms with Crippen LogP contribution >= 0.6 is 11.3 Å². The van der Waals surface area contributed by atoms with E-state index in [1.54, 1.807) is 11.3 Å². The Morgan fingerprint density at radius 1 is 1.55 bits per heavy atom. The molecule has 0 aliphatic carbocycles. The van der Waals surface area contributed by atoms with Crippen molar-refractivity contribution in [3.8, 4) is 0 Å². The molecule has 0 spiro atoms. The van der Waals surface area contributed by atoms with Crippen molar-refractivity contribution in [1.29, 1.82) is 0 Å². The van der Waals surface area contributed by atoms with Crippen molar-refractivity contribution < 1.29 is 4.79 Å². The van der Waals surface area contributed by atoms with Crippen molar-refractivity contribution >= 4 is 17.2 Å². The second-order valence-electron chi connectivity index (χ2n) is 5.33. The van der Waals surface area contributed by atoms with Gasteiger partial charge in [0.1, 0.15) is 5.01 Å². The van der Waals surface area contributed by atoms with Gasteiger partial charge < -0.3 is 15.5 Å². The van der Waals surface area contributed by atoms with Crippen molar-refractivity contribution in [2.24, 2.45) is 0 Å². The first kappa shape index (κ1) is 15.4. The highest BCUT2D eigenvalue weighted by atomic mass is 32.1. The van der Waals surface area contributed by atoms with Crippen LogP contribution in [0.4, 0.5) is 0 Å². The zero-order valence-electron chi connectivity index (χ0n) is 12.3. The predicted molar refractivity (Wildman–Crippen MR) is 81.8 cm³/mol. The van der Waals surface area contributed by atoms with Gasteiger partial charge >= 0.3 is 0 Å². The largest absolute Gasteiger partial charge is 0.340 e. The third-order valence-electron chi connectivity index (χ3n) is 3.94. The minimum absolute atomic E-state index is 0.127. The molecule has 0 saturated carbocycles. The van der Waals surface area contributed by atoms with Gasteiger partial charge in [0.05, 0.1) is 5.54 Å². The molecule has 0 aromatic carbocycles. The van der Waals surface area contributed by atoms with Gasteiger partial charge in [-0.1, -0.05) is 6.92 Å². The molecule has 2 heterocycles. The third-order valence-corrected chi connectivity index (χ3v) is 4.97. The van der Waals surface area contributed by atoms with Crippen molar-refractivity contribution in [3.63, 3.8) is 0 Å². The second kappa shape index (κ2) is 7.15. The van der Waals surface area contributed by atoms with Crippen LogP contribution in [0.5, 0.6) is 0 Å². The van der Waals surface area contributed by atoms with Gasteiger partial charge in [0.25, 0.3) is 0 Å². The molecule has 2 N–H and O–H groups in total. The van der Waals surface area contributed by atoms with Gasteiger partial charge in [-0.25, -0.2) is 4.98 Å². The van der Waals surface area contributed by atoms with Gasteiger partial charge in [-0.3, -0.25) is 4.79 Å². The van der Waals surface area contributed by atoms with Gasteiger partial charge in [0.15, 0.2) is 0 Å². The van der Waals surface area contributed by atoms with Crippen LogP contribution < -0.4 is 10.6 Å². The fourth-order valence-corrected chi connectivity index (χ4v) is 3.21. The van der Waals surface area contributed by atoms with Crippen molar-refractivity contribution in [3.05, 3.63) is 16.6 Å². The van der Waals surface area contributed by atoms with E-state index in [0.717, 1.165) is 37.6 Å². The monoisotopic (exact) mass is 296 g/mol. The van der Waals surface area contributed by atoms with Gasteiger partial charge in [-0.05, 0) is 13.3 Å². The van der Waals surface area contributed by atoms with E-state index < -0.39 is 0 Å². The third kappa shape index (κ3) is 3.77. The van der Waals surface area contributed by atoms with E-state index in [2.05, 4.69) is 29.5 Å². The first-order valence-electron chi connectivity index (χ1n) is 7.29. The summed E-state index contributed by atoms with van der Waals surface area (Å²) in [6.07, 6.45) is 3.35. The first-order chi connectivity index (χ1) is 9.65. The Kier molecular flexibility index (Phi) is 5.51. The minimum atomic E-state index is -0.127. The lowest BCUT2D eigenvalue weighted by atomic mass is 10.00. The van der Waals surface area contributed by atoms with Crippen LogP contribution in [0, 0.1) is 0 Å². The Balaban J connectivity index is 1.80. The smallest absolute Gasteiger partial charge is 0.223 e. The number of carbonyl (C=O) groups is 1. The standard InChI is InChI=1S/C14H24N4OS/c1-3-14(2,13-16-8-11-20-13)17-5-4-12(19)18-9-6-15-7-10-18/h8,11,15,17H,3-7,9-10H2,1-2H3. The molecule has 0 radical (unpaired) electrons. The highest BCUT2D eigenvalue weighted by Crippen LogP contribution is 2.25. The summed E-state index contributed by atoms with van der Waals surface area (Å²) in [5.41, 5.74) is -0.127. The number of piperazine rings is 1. The number of rotatable bonds is 6. The van der Waals surface area contributed by atoms with Gasteiger partial charge in [0.2, 0.25) is 5.91 Å². The highest BCUT2D eigenvalue weighted by Gasteiger charge is 2.27. The number of amides is 1. The molecule has 2 rings (SSSR count). The summed E-state index contributed by atoms with van der Waals surface area (Å²) in [5, 5.41) is 9.85. The normalized spacial score (nSPS) is 18.8. The topological polar surface area (TPSA) is 57.3 Å². The van der Waals surface area contributed by atoms with E-state index in [1.807, 2.05) is 16.5 Å². The van der Waals surface area contributed by atoms with Crippen LogP contribution in [0.2, 0.25) is 0 Å². The SMILES string of the molecule is CCC(C)(NCCC(=O)N1CCNCC1)c1nccs1. The zero-order chi connectivity index (χ0) is 14.4. The molecule has 1 aromatic heterocycles. The maximum Gasteiger partial charge on any atom is 0.223 e. The number of thiazole rings is 1. The molecule has 1 atom stereocenters. The van der Waals surface area contributed by atoms with E-state index in [0.29, 0.717) is 13.0 Å². The lowest BCUT2D eigenvalue weighted by Gasteiger charge is -2.30. The summed E-state index contributed by atoms with van der Waals surface area (Å²) in [7, 11) is 0. The molecule has 1 aliphatic heterocycles. The van der Waals surface area contributed by atoms with Crippen LogP contribution in [-0.2, 0) is 10.3 Å². The Morgan fingerprint density at radius 3 is 2.90 bits per heavy atom. The van der Waals surface area contributed by atoms with Crippen molar-refractivity contribution in [2.45, 2.75) is 32.2 Å². The molecule has 5 nitrogen and oxygen atoms in total. The zero-order valence-corrected chi connectivity index (χ0v) is 13.1. The summed E-state index contributed by atoms with van der Waals surface area (Å²) in [6.45, 7) is 8.48. The Morgan fingerprint density at radius 2 is 2.30 bits per heavy atom. The molecule has 1 saturated heterocycles. The highest BCUT2D eigenvalue weighted by molar-refractivity contribution is 7.09. The molecular formula is C14H24N4OS. The molecular weight excluding hydrogens is 272 g/mol. The Labute approximate surface area is 124 Å². The van der Waals surface area contributed by atoms with Crippen molar-refractivity contribution in [2.75, 3.05) is 32.7 Å². The Hall–Kier alpha value is -0.980. The molecule has 6 heteroatoms. The van der Waals surface area contributed by atoms with E-state index >= 15 is 0 Å². The maximum atomic E-state index is 12.1. The molecule has 1 amide bonds. The minimum Gasteiger partial charge on any atom is -0.340 e. The van der Waals surface area contributed by atoms with E-state index in [-0.39, 0.29) is 11.4 Å². The Bertz CT molecular complexity index is 417. The molecule has 112 valence electrons. The number of hydrogen-bond acceptors (Lipinski definition) is 5. The fraction of sp³-hybridized carbons (Fsp3) is 0.714. The van der Waals surface area contributed by atoms with Crippen LogP contribution in [0.15, 0.2) is 11.6 Å². The van der Waals surface area contributed by atoms with Crippen molar-refractivity contribution in [1.82, 2.24) is 20.5 Å². The van der Waals surface area contributed by atoms with Gasteiger partial charge in [-0.2, -0.15) is 0 Å². The molecule has 0 bridgehead atoms. The number of nitrogens with zero attached hydrogens (tertiary/aromatic N) is 2. The predicted octanol–water partition coefficient (Wildman–Crippen LogP) is 1.18. The maximum absolute atomic E-state index is 12.1. The fourth-order valence-electron chi connectivity index (χ4n) is 2.37. The molecule has 1 fully saturated rings. The van der Waals surface area contributed by atoms with E-state index in [1.165, 1.54) is 0 Å². The first-order valence-corrected chi connectivity index (χ1v) is 8.17. The summed E-state index contributed by atoms with van der Waals surface area (Å²) in [5.74, 6) is 0.247. The van der Waals surface area contributed by atoms with Gasteiger partial charge in [0, 0.05) is 50.7 Å². The van der Waals surface area contributed by atoms with Crippen LogP contribution in [0.3, 0.4) is 0 Å². The summed E-state index contributed by atoms with van der Waals surface area (Å²) in [4.78, 5) is 18.5. The molecule has 1 unspecified atom stereocenters. The lowest BCUT2D eigenvalue weighted by Crippen LogP contribution is -2.47. The second-order valence-corrected chi connectivity index (χ2v) is 6.23. The molecule has 1 aliphatic rings. The number of hydrogen-bond donors (Lipinski definition) is 2. The summed E-state index contributed by atoms with van der Waals surface area (Å²) in [6, 6.07) is 0. The number of aromatic nitrogens is 1. The average molecular weight is 296 g/mol. The molecule has 1 aromatic rings. The quantitative estimate of drug-likeness (QED) is 0.828. The van der Waals surface area contributed by atoms with Gasteiger partial charge in [-0.15, -0.1) is 11.3 Å². The van der Waals surface area contributed by atoms with E-state index in [4.69, 9.17) is 0 Å². The summed E-state index contributed by atoms with van der Waals surface area (Å²) < 4.78 is 0. The van der Waals surface area contributed by atoms with Crippen LogP contribution in [0.1, 0.15) is 31.7 Å². The van der Waals surface area contributed by atoms with Crippen LogP contribution in [-0.4, -0.2) is 48.5 Å². The lowest BCUT2D eigenvalue weighted by molar-refractivity contribution is -0.131.